The molecule has 0 unspecified atom stereocenters. The van der Waals surface area contributed by atoms with E-state index in [1.54, 1.807) is 18.3 Å². The molecule has 0 bridgehead atoms. The summed E-state index contributed by atoms with van der Waals surface area (Å²) in [6, 6.07) is 14.7. The van der Waals surface area contributed by atoms with Crippen molar-refractivity contribution in [3.8, 4) is 0 Å². The van der Waals surface area contributed by atoms with Gasteiger partial charge in [0, 0.05) is 36.5 Å². The Morgan fingerprint density at radius 1 is 1.03 bits per heavy atom. The van der Waals surface area contributed by atoms with Crippen molar-refractivity contribution in [2.24, 2.45) is 5.92 Å². The number of aromatic nitrogens is 2. The highest BCUT2D eigenvalue weighted by Crippen LogP contribution is 2.33. The first kappa shape index (κ1) is 24.9. The van der Waals surface area contributed by atoms with Gasteiger partial charge >= 0.3 is 0 Å². The van der Waals surface area contributed by atoms with Crippen LogP contribution in [0.2, 0.25) is 0 Å². The molecular weight excluding hydrogens is 557 g/mol. The molecule has 1 fully saturated rings. The van der Waals surface area contributed by atoms with Gasteiger partial charge in [0.15, 0.2) is 0 Å². The minimum absolute atomic E-state index is 0.0498. The van der Waals surface area contributed by atoms with Gasteiger partial charge in [-0.15, -0.1) is 0 Å². The number of hydrogen-bond donors (Lipinski definition) is 4. The molecular formula is C25H28IN7O2. The Bertz CT molecular complexity index is 1200. The first-order valence-electron chi connectivity index (χ1n) is 11.4. The van der Waals surface area contributed by atoms with E-state index in [1.165, 1.54) is 0 Å². The number of rotatable bonds is 10. The molecule has 10 heteroatoms. The van der Waals surface area contributed by atoms with Crippen LogP contribution in [0.25, 0.3) is 0 Å². The molecule has 2 amide bonds. The number of halogens is 1. The van der Waals surface area contributed by atoms with Gasteiger partial charge in [0.25, 0.3) is 5.91 Å². The zero-order chi connectivity index (χ0) is 24.8. The largest absolute Gasteiger partial charge is 0.351 e. The van der Waals surface area contributed by atoms with Crippen LogP contribution >= 0.6 is 22.6 Å². The predicted octanol–water partition coefficient (Wildman–Crippen LogP) is 4.21. The Morgan fingerprint density at radius 3 is 2.43 bits per heavy atom. The SMILES string of the molecule is CN(C)CCNC(=O)c1ccc(Nc2ncc(I)c(Nc3ccccc3NC(=O)C3CC3)n2)cc1. The van der Waals surface area contributed by atoms with Crippen molar-refractivity contribution in [2.45, 2.75) is 12.8 Å². The number of nitrogens with zero attached hydrogens (tertiary/aromatic N) is 3. The Morgan fingerprint density at radius 2 is 1.74 bits per heavy atom. The standard InChI is InChI=1S/C25H28IN7O2/c1-33(2)14-13-27-23(34)16-9-11-18(12-10-16)29-25-28-15-19(26)22(32-25)30-20-5-3-4-6-21(20)31-24(35)17-7-8-17/h3-6,9-12,15,17H,7-8,13-14H2,1-2H3,(H,27,34)(H,31,35)(H2,28,29,30,32). The lowest BCUT2D eigenvalue weighted by Crippen LogP contribution is -2.31. The molecule has 4 rings (SSSR count). The third kappa shape index (κ3) is 7.12. The second-order valence-electron chi connectivity index (χ2n) is 8.59. The summed E-state index contributed by atoms with van der Waals surface area (Å²) >= 11 is 2.17. The monoisotopic (exact) mass is 585 g/mol. The lowest BCUT2D eigenvalue weighted by atomic mass is 10.2. The molecule has 0 saturated heterocycles. The minimum Gasteiger partial charge on any atom is -0.351 e. The molecule has 35 heavy (non-hydrogen) atoms. The van der Waals surface area contributed by atoms with E-state index in [1.807, 2.05) is 55.4 Å². The molecule has 2 aromatic carbocycles. The number of amides is 2. The van der Waals surface area contributed by atoms with Gasteiger partial charge in [-0.3, -0.25) is 9.59 Å². The van der Waals surface area contributed by atoms with Crippen molar-refractivity contribution in [1.82, 2.24) is 20.2 Å². The van der Waals surface area contributed by atoms with Crippen LogP contribution in [-0.4, -0.2) is 53.9 Å². The third-order valence-electron chi connectivity index (χ3n) is 5.38. The van der Waals surface area contributed by atoms with Crippen molar-refractivity contribution in [3.05, 3.63) is 63.9 Å². The number of benzene rings is 2. The van der Waals surface area contributed by atoms with Crippen LogP contribution in [-0.2, 0) is 4.79 Å². The molecule has 1 aliphatic carbocycles. The second kappa shape index (κ2) is 11.5. The van der Waals surface area contributed by atoms with Gasteiger partial charge in [0.2, 0.25) is 11.9 Å². The maximum atomic E-state index is 12.3. The molecule has 182 valence electrons. The highest BCUT2D eigenvalue weighted by molar-refractivity contribution is 14.1. The van der Waals surface area contributed by atoms with Crippen LogP contribution < -0.4 is 21.3 Å². The zero-order valence-corrected chi connectivity index (χ0v) is 21.8. The fourth-order valence-electron chi connectivity index (χ4n) is 3.25. The van der Waals surface area contributed by atoms with Crippen LogP contribution in [0.3, 0.4) is 0 Å². The summed E-state index contributed by atoms with van der Waals surface area (Å²) in [6.07, 6.45) is 3.61. The predicted molar refractivity (Wildman–Crippen MR) is 146 cm³/mol. The van der Waals surface area contributed by atoms with Gasteiger partial charge in [0.1, 0.15) is 5.82 Å². The van der Waals surface area contributed by atoms with Crippen LogP contribution in [0.1, 0.15) is 23.2 Å². The minimum atomic E-state index is -0.108. The van der Waals surface area contributed by atoms with E-state index in [0.29, 0.717) is 29.6 Å². The van der Waals surface area contributed by atoms with E-state index in [9.17, 15) is 9.59 Å². The van der Waals surface area contributed by atoms with E-state index in [0.717, 1.165) is 34.3 Å². The summed E-state index contributed by atoms with van der Waals surface area (Å²) in [6.45, 7) is 1.37. The number of likely N-dealkylation sites (N-methyl/N-ethyl adjacent to an activating group) is 1. The average molecular weight is 585 g/mol. The van der Waals surface area contributed by atoms with E-state index in [-0.39, 0.29) is 17.7 Å². The summed E-state index contributed by atoms with van der Waals surface area (Å²) < 4.78 is 0.834. The maximum Gasteiger partial charge on any atom is 0.251 e. The maximum absolute atomic E-state index is 12.3. The van der Waals surface area contributed by atoms with Gasteiger partial charge in [-0.25, -0.2) is 4.98 Å². The Hall–Kier alpha value is -3.25. The molecule has 3 aromatic rings. The quantitative estimate of drug-likeness (QED) is 0.264. The third-order valence-corrected chi connectivity index (χ3v) is 6.17. The number of nitrogens with one attached hydrogen (secondary N) is 4. The average Bonchev–Trinajstić information content (AvgIpc) is 3.68. The molecule has 0 radical (unpaired) electrons. The molecule has 1 aliphatic rings. The van der Waals surface area contributed by atoms with Crippen LogP contribution in [0.4, 0.5) is 28.8 Å². The first-order valence-corrected chi connectivity index (χ1v) is 12.5. The lowest BCUT2D eigenvalue weighted by molar-refractivity contribution is -0.117. The summed E-state index contributed by atoms with van der Waals surface area (Å²) in [7, 11) is 3.93. The number of carbonyl (C=O) groups is 2. The van der Waals surface area contributed by atoms with Gasteiger partial charge in [-0.2, -0.15) is 4.98 Å². The molecule has 0 spiro atoms. The van der Waals surface area contributed by atoms with E-state index in [2.05, 4.69) is 53.8 Å². The molecule has 1 aromatic heterocycles. The molecule has 9 nitrogen and oxygen atoms in total. The van der Waals surface area contributed by atoms with Gasteiger partial charge in [-0.05, 0) is 85.9 Å². The normalized spacial score (nSPS) is 12.8. The fraction of sp³-hybridized carbons (Fsp3) is 0.280. The van der Waals surface area contributed by atoms with Crippen LogP contribution in [0.15, 0.2) is 54.7 Å². The molecule has 0 aliphatic heterocycles. The number of hydrogen-bond acceptors (Lipinski definition) is 7. The molecule has 4 N–H and O–H groups in total. The van der Waals surface area contributed by atoms with Gasteiger partial charge in [-0.1, -0.05) is 12.1 Å². The number of carbonyl (C=O) groups excluding carboxylic acids is 2. The summed E-state index contributed by atoms with van der Waals surface area (Å²) in [4.78, 5) is 35.5. The smallest absolute Gasteiger partial charge is 0.251 e. The van der Waals surface area contributed by atoms with E-state index < -0.39 is 0 Å². The number of anilines is 5. The lowest BCUT2D eigenvalue weighted by Gasteiger charge is -2.14. The Labute approximate surface area is 218 Å². The highest BCUT2D eigenvalue weighted by Gasteiger charge is 2.30. The second-order valence-corrected chi connectivity index (χ2v) is 9.75. The van der Waals surface area contributed by atoms with Crippen molar-refractivity contribution in [3.63, 3.8) is 0 Å². The van der Waals surface area contributed by atoms with Gasteiger partial charge in [0.05, 0.1) is 14.9 Å². The molecule has 1 heterocycles. The number of para-hydroxylation sites is 2. The highest BCUT2D eigenvalue weighted by atomic mass is 127. The van der Waals surface area contributed by atoms with Crippen LogP contribution in [0, 0.1) is 9.49 Å². The molecule has 0 atom stereocenters. The van der Waals surface area contributed by atoms with E-state index in [4.69, 9.17) is 0 Å². The van der Waals surface area contributed by atoms with Crippen molar-refractivity contribution in [2.75, 3.05) is 43.1 Å². The fourth-order valence-corrected chi connectivity index (χ4v) is 3.65. The summed E-state index contributed by atoms with van der Waals surface area (Å²) in [5.41, 5.74) is 2.82. The summed E-state index contributed by atoms with van der Waals surface area (Å²) in [5.74, 6) is 1.09. The molecule has 1 saturated carbocycles. The van der Waals surface area contributed by atoms with Crippen LogP contribution in [0.5, 0.6) is 0 Å². The van der Waals surface area contributed by atoms with Crippen molar-refractivity contribution in [1.29, 1.82) is 0 Å². The summed E-state index contributed by atoms with van der Waals surface area (Å²) in [5, 5.41) is 12.4. The Kier molecular flexibility index (Phi) is 8.13. The topological polar surface area (TPSA) is 111 Å². The first-order chi connectivity index (χ1) is 16.9. The van der Waals surface area contributed by atoms with Gasteiger partial charge < -0.3 is 26.2 Å². The van der Waals surface area contributed by atoms with E-state index >= 15 is 0 Å². The Balaban J connectivity index is 1.42. The zero-order valence-electron chi connectivity index (χ0n) is 19.6. The van der Waals surface area contributed by atoms with Crippen molar-refractivity contribution >= 4 is 63.2 Å². The van der Waals surface area contributed by atoms with Crippen molar-refractivity contribution < 1.29 is 9.59 Å².